The minimum atomic E-state index is -4.34. The average molecular weight is 699 g/mol. The first-order chi connectivity index (χ1) is 20.1. The molecule has 0 saturated carbocycles. The Labute approximate surface area is 263 Å². The number of rotatable bonds is 10. The van der Waals surface area contributed by atoms with Gasteiger partial charge in [-0.15, -0.1) is 0 Å². The number of unbranched alkanes of at least 4 members (excludes halogenated alkanes) is 1. The molecule has 43 heavy (non-hydrogen) atoms. The SMILES string of the molecule is CC(=O)O.O=S(=O)(Nc1ccc2c(c1)CN(CCCCNS(=O)(=O)c1cc(Cl)ccc1Cl)CC2)c1cc(Cl)c(F)cc1F. The van der Waals surface area contributed by atoms with E-state index >= 15 is 0 Å². The Morgan fingerprint density at radius 3 is 2.28 bits per heavy atom. The van der Waals surface area contributed by atoms with E-state index in [1.165, 1.54) is 18.2 Å². The molecule has 16 heteroatoms. The number of nitrogens with zero attached hydrogens (tertiary/aromatic N) is 1. The number of carboxylic acid groups (broad SMARTS) is 1. The zero-order valence-corrected chi connectivity index (χ0v) is 26.6. The molecule has 4 rings (SSSR count). The highest BCUT2D eigenvalue weighted by molar-refractivity contribution is 7.92. The van der Waals surface area contributed by atoms with Gasteiger partial charge in [0, 0.05) is 43.3 Å². The lowest BCUT2D eigenvalue weighted by Crippen LogP contribution is -2.32. The van der Waals surface area contributed by atoms with Crippen LogP contribution in [0.1, 0.15) is 30.9 Å². The van der Waals surface area contributed by atoms with Crippen molar-refractivity contribution in [1.29, 1.82) is 0 Å². The third-order valence-corrected chi connectivity index (χ3v) is 10.1. The first-order valence-electron chi connectivity index (χ1n) is 12.7. The predicted molar refractivity (Wildman–Crippen MR) is 162 cm³/mol. The molecule has 1 aliphatic heterocycles. The number of carboxylic acids is 1. The summed E-state index contributed by atoms with van der Waals surface area (Å²) < 4.78 is 82.9. The van der Waals surface area contributed by atoms with Gasteiger partial charge < -0.3 is 5.11 Å². The molecule has 3 N–H and O–H groups in total. The van der Waals surface area contributed by atoms with Crippen molar-refractivity contribution in [3.8, 4) is 0 Å². The van der Waals surface area contributed by atoms with Crippen LogP contribution in [0.4, 0.5) is 14.5 Å². The van der Waals surface area contributed by atoms with Crippen LogP contribution in [0.15, 0.2) is 58.3 Å². The van der Waals surface area contributed by atoms with Gasteiger partial charge in [0.2, 0.25) is 10.0 Å². The molecule has 3 aromatic rings. The van der Waals surface area contributed by atoms with Crippen LogP contribution in [-0.4, -0.2) is 52.4 Å². The van der Waals surface area contributed by atoms with Gasteiger partial charge in [0.25, 0.3) is 16.0 Å². The van der Waals surface area contributed by atoms with Crippen LogP contribution in [0, 0.1) is 11.6 Å². The summed E-state index contributed by atoms with van der Waals surface area (Å²) in [5.74, 6) is -3.13. The van der Waals surface area contributed by atoms with E-state index in [1.807, 2.05) is 6.07 Å². The fraction of sp³-hybridized carbons (Fsp3) is 0.296. The minimum absolute atomic E-state index is 0.0685. The monoisotopic (exact) mass is 697 g/mol. The normalized spacial score (nSPS) is 13.5. The van der Waals surface area contributed by atoms with Gasteiger partial charge in [0.15, 0.2) is 0 Å². The molecule has 0 saturated heterocycles. The van der Waals surface area contributed by atoms with Crippen molar-refractivity contribution in [3.05, 3.63) is 86.4 Å². The number of halogens is 5. The Kier molecular flexibility index (Phi) is 12.2. The second-order valence-electron chi connectivity index (χ2n) is 9.51. The van der Waals surface area contributed by atoms with E-state index in [0.717, 1.165) is 43.5 Å². The quantitative estimate of drug-likeness (QED) is 0.177. The smallest absolute Gasteiger partial charge is 0.300 e. The molecule has 0 radical (unpaired) electrons. The standard InChI is InChI=1S/C25H24Cl3F2N3O4S2.C2H4O2/c26-18-4-6-20(27)24(12-18)38(34,35)31-8-1-2-9-33-10-7-16-3-5-19(11-17(16)15-33)32-39(36,37)25-13-21(28)22(29)14-23(25)30;1-2(3)4/h3-6,11-14,31-32H,1-2,7-10,15H2;1H3,(H,3,4). The highest BCUT2D eigenvalue weighted by Gasteiger charge is 2.23. The Morgan fingerprint density at radius 1 is 0.884 bits per heavy atom. The summed E-state index contributed by atoms with van der Waals surface area (Å²) in [6.45, 7) is 3.37. The minimum Gasteiger partial charge on any atom is -0.481 e. The van der Waals surface area contributed by atoms with Crippen LogP contribution in [0.2, 0.25) is 15.1 Å². The largest absolute Gasteiger partial charge is 0.481 e. The number of anilines is 1. The molecule has 0 bridgehead atoms. The summed E-state index contributed by atoms with van der Waals surface area (Å²) in [5.41, 5.74) is 2.22. The highest BCUT2D eigenvalue weighted by Crippen LogP contribution is 2.28. The van der Waals surface area contributed by atoms with E-state index in [9.17, 15) is 25.6 Å². The number of carbonyl (C=O) groups is 1. The molecule has 1 heterocycles. The Morgan fingerprint density at radius 2 is 1.58 bits per heavy atom. The topological polar surface area (TPSA) is 133 Å². The number of hydrogen-bond donors (Lipinski definition) is 3. The Hall–Kier alpha value is -2.52. The van der Waals surface area contributed by atoms with E-state index in [0.29, 0.717) is 25.6 Å². The summed E-state index contributed by atoms with van der Waals surface area (Å²) in [4.78, 5) is 10.4. The summed E-state index contributed by atoms with van der Waals surface area (Å²) in [6.07, 6.45) is 2.06. The molecular formula is C27H28Cl3F2N3O6S2. The molecule has 0 fully saturated rings. The molecule has 9 nitrogen and oxygen atoms in total. The van der Waals surface area contributed by atoms with Gasteiger partial charge in [-0.1, -0.05) is 40.9 Å². The van der Waals surface area contributed by atoms with Gasteiger partial charge in [-0.05, 0) is 73.3 Å². The lowest BCUT2D eigenvalue weighted by Gasteiger charge is -2.29. The maximum absolute atomic E-state index is 14.1. The maximum Gasteiger partial charge on any atom is 0.300 e. The van der Waals surface area contributed by atoms with Crippen molar-refractivity contribution in [2.75, 3.05) is 24.4 Å². The highest BCUT2D eigenvalue weighted by atomic mass is 35.5. The number of fused-ring (bicyclic) bond motifs is 1. The van der Waals surface area contributed by atoms with Crippen molar-refractivity contribution in [2.45, 2.75) is 42.5 Å². The van der Waals surface area contributed by atoms with Crippen molar-refractivity contribution < 1.29 is 35.5 Å². The summed E-state index contributed by atoms with van der Waals surface area (Å²) in [5, 5.41) is 7.28. The number of nitrogens with one attached hydrogen (secondary N) is 2. The molecule has 0 unspecified atom stereocenters. The van der Waals surface area contributed by atoms with E-state index in [-0.39, 0.29) is 27.2 Å². The van der Waals surface area contributed by atoms with E-state index in [2.05, 4.69) is 14.3 Å². The van der Waals surface area contributed by atoms with E-state index in [1.54, 1.807) is 12.1 Å². The fourth-order valence-electron chi connectivity index (χ4n) is 4.22. The zero-order chi connectivity index (χ0) is 31.9. The van der Waals surface area contributed by atoms with Crippen LogP contribution >= 0.6 is 34.8 Å². The lowest BCUT2D eigenvalue weighted by atomic mass is 9.99. The summed E-state index contributed by atoms with van der Waals surface area (Å²) in [6, 6.07) is 10.5. The molecule has 0 aromatic heterocycles. The van der Waals surface area contributed by atoms with Crippen molar-refractivity contribution in [3.63, 3.8) is 0 Å². The van der Waals surface area contributed by atoms with Crippen molar-refractivity contribution in [2.24, 2.45) is 0 Å². The van der Waals surface area contributed by atoms with Gasteiger partial charge in [0.05, 0.1) is 10.0 Å². The summed E-state index contributed by atoms with van der Waals surface area (Å²) >= 11 is 17.5. The number of sulfonamides is 2. The second-order valence-corrected chi connectivity index (χ2v) is 14.1. The Balaban J connectivity index is 0.00000119. The van der Waals surface area contributed by atoms with Gasteiger partial charge >= 0.3 is 0 Å². The first-order valence-corrected chi connectivity index (χ1v) is 16.8. The van der Waals surface area contributed by atoms with Crippen LogP contribution in [0.25, 0.3) is 0 Å². The first kappa shape index (κ1) is 35.0. The van der Waals surface area contributed by atoms with Crippen LogP contribution < -0.4 is 9.44 Å². The third kappa shape index (κ3) is 10.00. The Bertz CT molecular complexity index is 1710. The zero-order valence-electron chi connectivity index (χ0n) is 22.7. The van der Waals surface area contributed by atoms with Gasteiger partial charge in [-0.3, -0.25) is 14.4 Å². The summed E-state index contributed by atoms with van der Waals surface area (Å²) in [7, 11) is -8.13. The molecule has 0 amide bonds. The maximum atomic E-state index is 14.1. The molecular weight excluding hydrogens is 671 g/mol. The molecule has 1 aliphatic rings. The fourth-order valence-corrected chi connectivity index (χ4v) is 7.42. The average Bonchev–Trinajstić information content (AvgIpc) is 2.91. The van der Waals surface area contributed by atoms with Crippen LogP contribution in [0.3, 0.4) is 0 Å². The number of aliphatic carboxylic acids is 1. The van der Waals surface area contributed by atoms with Gasteiger partial charge in [-0.2, -0.15) is 0 Å². The number of hydrogen-bond acceptors (Lipinski definition) is 6. The predicted octanol–water partition coefficient (Wildman–Crippen LogP) is 5.93. The van der Waals surface area contributed by atoms with Gasteiger partial charge in [-0.25, -0.2) is 30.3 Å². The second kappa shape index (κ2) is 15.0. The molecule has 0 spiro atoms. The number of benzene rings is 3. The lowest BCUT2D eigenvalue weighted by molar-refractivity contribution is -0.134. The molecule has 234 valence electrons. The third-order valence-electron chi connectivity index (χ3n) is 6.19. The van der Waals surface area contributed by atoms with Gasteiger partial charge in [0.1, 0.15) is 21.4 Å². The van der Waals surface area contributed by atoms with Crippen molar-refractivity contribution in [1.82, 2.24) is 9.62 Å². The molecule has 0 atom stereocenters. The van der Waals surface area contributed by atoms with E-state index < -0.39 is 47.6 Å². The molecule has 0 aliphatic carbocycles. The van der Waals surface area contributed by atoms with Crippen LogP contribution in [0.5, 0.6) is 0 Å². The molecule has 3 aromatic carbocycles. The van der Waals surface area contributed by atoms with Crippen molar-refractivity contribution >= 4 is 66.5 Å². The van der Waals surface area contributed by atoms with Crippen LogP contribution in [-0.2, 0) is 37.8 Å². The van der Waals surface area contributed by atoms with E-state index in [4.69, 9.17) is 44.7 Å².